The zero-order valence-electron chi connectivity index (χ0n) is 14.7. The largest absolute Gasteiger partial charge is 0.336 e. The van der Waals surface area contributed by atoms with Gasteiger partial charge in [-0.05, 0) is 30.2 Å². The number of carbonyl (C=O) groups is 1. The lowest BCUT2D eigenvalue weighted by atomic mass is 10.0. The molecule has 0 radical (unpaired) electrons. The number of hydrogen-bond donors (Lipinski definition) is 0. The van der Waals surface area contributed by atoms with Gasteiger partial charge < -0.3 is 9.47 Å². The number of piperazine rings is 1. The van der Waals surface area contributed by atoms with Gasteiger partial charge in [0, 0.05) is 44.8 Å². The molecular weight excluding hydrogens is 314 g/mol. The maximum Gasteiger partial charge on any atom is 0.255 e. The Balaban J connectivity index is 1.62. The monoisotopic (exact) mass is 337 g/mol. The van der Waals surface area contributed by atoms with Crippen molar-refractivity contribution in [3.8, 4) is 11.9 Å². The molecule has 1 amide bonds. The first-order valence-electron chi connectivity index (χ1n) is 8.62. The van der Waals surface area contributed by atoms with Gasteiger partial charge in [-0.1, -0.05) is 13.8 Å². The standard InChI is InChI=1S/C19H23N5O/c1-15(2)17(13-20)22-9-11-24(12-10-22)19(25)16-5-6-18(21-14-16)23-7-3-4-8-23/h3-8,14-15,17H,9-12H2,1-2H3/t17-/m1/s1. The fourth-order valence-corrected chi connectivity index (χ4v) is 3.19. The zero-order chi connectivity index (χ0) is 17.8. The minimum atomic E-state index is -0.0835. The summed E-state index contributed by atoms with van der Waals surface area (Å²) in [4.78, 5) is 21.1. The Morgan fingerprint density at radius 1 is 1.16 bits per heavy atom. The molecule has 0 bridgehead atoms. The van der Waals surface area contributed by atoms with Crippen LogP contribution in [0, 0.1) is 17.2 Å². The Bertz CT molecular complexity index is 737. The topological polar surface area (TPSA) is 65.2 Å². The highest BCUT2D eigenvalue weighted by Gasteiger charge is 2.28. The van der Waals surface area contributed by atoms with Crippen LogP contribution in [0.4, 0.5) is 0 Å². The normalized spacial score (nSPS) is 16.6. The van der Waals surface area contributed by atoms with E-state index >= 15 is 0 Å². The van der Waals surface area contributed by atoms with E-state index in [9.17, 15) is 10.1 Å². The molecule has 0 spiro atoms. The van der Waals surface area contributed by atoms with Gasteiger partial charge in [0.1, 0.15) is 11.9 Å². The van der Waals surface area contributed by atoms with Gasteiger partial charge in [0.15, 0.2) is 0 Å². The van der Waals surface area contributed by atoms with Crippen LogP contribution in [0.25, 0.3) is 5.82 Å². The molecule has 6 heteroatoms. The van der Waals surface area contributed by atoms with Gasteiger partial charge in [0.05, 0.1) is 11.6 Å². The van der Waals surface area contributed by atoms with Crippen LogP contribution in [0.2, 0.25) is 0 Å². The molecule has 3 heterocycles. The summed E-state index contributed by atoms with van der Waals surface area (Å²) in [5, 5.41) is 9.32. The third-order valence-electron chi connectivity index (χ3n) is 4.62. The number of pyridine rings is 1. The molecule has 1 fully saturated rings. The quantitative estimate of drug-likeness (QED) is 0.858. The van der Waals surface area contributed by atoms with E-state index in [1.165, 1.54) is 0 Å². The Morgan fingerprint density at radius 3 is 2.36 bits per heavy atom. The highest BCUT2D eigenvalue weighted by molar-refractivity contribution is 5.94. The molecule has 2 aromatic rings. The van der Waals surface area contributed by atoms with E-state index in [1.807, 2.05) is 46.1 Å². The summed E-state index contributed by atoms with van der Waals surface area (Å²) in [7, 11) is 0. The molecule has 3 rings (SSSR count). The summed E-state index contributed by atoms with van der Waals surface area (Å²) in [6.07, 6.45) is 5.48. The van der Waals surface area contributed by atoms with Gasteiger partial charge >= 0.3 is 0 Å². The molecule has 6 nitrogen and oxygen atoms in total. The smallest absolute Gasteiger partial charge is 0.255 e. The van der Waals surface area contributed by atoms with Crippen LogP contribution >= 0.6 is 0 Å². The van der Waals surface area contributed by atoms with Crippen LogP contribution in [0.3, 0.4) is 0 Å². The van der Waals surface area contributed by atoms with Crippen molar-refractivity contribution < 1.29 is 4.79 Å². The van der Waals surface area contributed by atoms with Gasteiger partial charge in [-0.2, -0.15) is 5.26 Å². The number of amides is 1. The lowest BCUT2D eigenvalue weighted by Gasteiger charge is -2.38. The SMILES string of the molecule is CC(C)[C@@H](C#N)N1CCN(C(=O)c2ccc(-n3cccc3)nc2)CC1. The number of rotatable bonds is 4. The number of nitrogens with zero attached hydrogens (tertiary/aromatic N) is 5. The minimum absolute atomic E-state index is 0.00395. The molecule has 1 aliphatic rings. The van der Waals surface area contributed by atoms with E-state index in [0.717, 1.165) is 18.9 Å². The van der Waals surface area contributed by atoms with Crippen LogP contribution in [0.5, 0.6) is 0 Å². The van der Waals surface area contributed by atoms with Crippen molar-refractivity contribution in [3.63, 3.8) is 0 Å². The molecule has 0 aromatic carbocycles. The van der Waals surface area contributed by atoms with Crippen LogP contribution in [-0.4, -0.2) is 57.5 Å². The second kappa shape index (κ2) is 7.49. The van der Waals surface area contributed by atoms with Crippen molar-refractivity contribution in [2.24, 2.45) is 5.92 Å². The predicted octanol–water partition coefficient (Wildman–Crippen LogP) is 2.18. The summed E-state index contributed by atoms with van der Waals surface area (Å²) >= 11 is 0. The molecule has 0 unspecified atom stereocenters. The van der Waals surface area contributed by atoms with Crippen molar-refractivity contribution in [2.75, 3.05) is 26.2 Å². The fraction of sp³-hybridized carbons (Fsp3) is 0.421. The lowest BCUT2D eigenvalue weighted by Crippen LogP contribution is -2.52. The fourth-order valence-electron chi connectivity index (χ4n) is 3.19. The number of carbonyl (C=O) groups excluding carboxylic acids is 1. The molecule has 1 aliphatic heterocycles. The predicted molar refractivity (Wildman–Crippen MR) is 95.3 cm³/mol. The maximum absolute atomic E-state index is 12.7. The summed E-state index contributed by atoms with van der Waals surface area (Å²) in [5.41, 5.74) is 0.602. The third kappa shape index (κ3) is 3.72. The average molecular weight is 337 g/mol. The highest BCUT2D eigenvalue weighted by atomic mass is 16.2. The van der Waals surface area contributed by atoms with Crippen molar-refractivity contribution in [3.05, 3.63) is 48.4 Å². The van der Waals surface area contributed by atoms with Gasteiger partial charge in [-0.3, -0.25) is 9.69 Å². The number of hydrogen-bond acceptors (Lipinski definition) is 4. The van der Waals surface area contributed by atoms with Crippen molar-refractivity contribution in [1.29, 1.82) is 5.26 Å². The van der Waals surface area contributed by atoms with Crippen LogP contribution in [0.1, 0.15) is 24.2 Å². The van der Waals surface area contributed by atoms with Crippen LogP contribution < -0.4 is 0 Å². The lowest BCUT2D eigenvalue weighted by molar-refractivity contribution is 0.0576. The molecule has 0 N–H and O–H groups in total. The Labute approximate surface area is 148 Å². The van der Waals surface area contributed by atoms with Gasteiger partial charge in [-0.25, -0.2) is 4.98 Å². The van der Waals surface area contributed by atoms with E-state index in [-0.39, 0.29) is 17.9 Å². The van der Waals surface area contributed by atoms with E-state index in [4.69, 9.17) is 0 Å². The molecule has 1 saturated heterocycles. The highest BCUT2D eigenvalue weighted by Crippen LogP contribution is 2.15. The van der Waals surface area contributed by atoms with Crippen LogP contribution in [-0.2, 0) is 0 Å². The molecule has 0 aliphatic carbocycles. The summed E-state index contributed by atoms with van der Waals surface area (Å²) in [5.74, 6) is 1.09. The average Bonchev–Trinajstić information content (AvgIpc) is 3.17. The first-order chi connectivity index (χ1) is 12.1. The summed E-state index contributed by atoms with van der Waals surface area (Å²) in [6.45, 7) is 6.87. The Morgan fingerprint density at radius 2 is 1.84 bits per heavy atom. The molecule has 0 saturated carbocycles. The van der Waals surface area contributed by atoms with E-state index in [2.05, 4.69) is 29.8 Å². The van der Waals surface area contributed by atoms with Crippen molar-refractivity contribution >= 4 is 5.91 Å². The molecular formula is C19H23N5O. The van der Waals surface area contributed by atoms with Gasteiger partial charge in [0.2, 0.25) is 0 Å². The summed E-state index contributed by atoms with van der Waals surface area (Å²) < 4.78 is 1.90. The minimum Gasteiger partial charge on any atom is -0.336 e. The molecule has 130 valence electrons. The van der Waals surface area contributed by atoms with Gasteiger partial charge in [-0.15, -0.1) is 0 Å². The second-order valence-electron chi connectivity index (χ2n) is 6.64. The van der Waals surface area contributed by atoms with E-state index in [1.54, 1.807) is 6.20 Å². The van der Waals surface area contributed by atoms with Crippen molar-refractivity contribution in [2.45, 2.75) is 19.9 Å². The number of nitriles is 1. The summed E-state index contributed by atoms with van der Waals surface area (Å²) in [6, 6.07) is 9.84. The van der Waals surface area contributed by atoms with E-state index < -0.39 is 0 Å². The molecule has 1 atom stereocenters. The second-order valence-corrected chi connectivity index (χ2v) is 6.64. The Kier molecular flexibility index (Phi) is 5.15. The Hall–Kier alpha value is -2.65. The maximum atomic E-state index is 12.7. The zero-order valence-corrected chi connectivity index (χ0v) is 14.7. The molecule has 25 heavy (non-hydrogen) atoms. The van der Waals surface area contributed by atoms with Crippen LogP contribution in [0.15, 0.2) is 42.9 Å². The number of aromatic nitrogens is 2. The van der Waals surface area contributed by atoms with Crippen molar-refractivity contribution in [1.82, 2.24) is 19.4 Å². The van der Waals surface area contributed by atoms with Gasteiger partial charge in [0.25, 0.3) is 5.91 Å². The molecule has 2 aromatic heterocycles. The third-order valence-corrected chi connectivity index (χ3v) is 4.62. The first kappa shape index (κ1) is 17.2. The van der Waals surface area contributed by atoms with E-state index in [0.29, 0.717) is 18.7 Å². The first-order valence-corrected chi connectivity index (χ1v) is 8.62.